The van der Waals surface area contributed by atoms with Crippen LogP contribution < -0.4 is 4.72 Å². The monoisotopic (exact) mass is 434 g/mol. The van der Waals surface area contributed by atoms with Gasteiger partial charge in [-0.25, -0.2) is 8.42 Å². The molecule has 1 aromatic heterocycles. The number of carbonyl (C=O) groups is 1. The Labute approximate surface area is 182 Å². The van der Waals surface area contributed by atoms with E-state index in [9.17, 15) is 13.2 Å². The number of aromatic nitrogens is 1. The first-order chi connectivity index (χ1) is 14.8. The highest BCUT2D eigenvalue weighted by Crippen LogP contribution is 2.29. The van der Waals surface area contributed by atoms with E-state index in [4.69, 9.17) is 0 Å². The van der Waals surface area contributed by atoms with Crippen molar-refractivity contribution in [3.05, 3.63) is 78.4 Å². The third kappa shape index (κ3) is 4.13. The van der Waals surface area contributed by atoms with Crippen LogP contribution in [0.2, 0.25) is 0 Å². The number of carbonyl (C=O) groups excluding carboxylic acids is 1. The lowest BCUT2D eigenvalue weighted by Gasteiger charge is -2.21. The van der Waals surface area contributed by atoms with E-state index in [1.807, 2.05) is 69.3 Å². The molecule has 0 amide bonds. The minimum Gasteiger partial charge on any atom is -0.278 e. The Balaban J connectivity index is 1.80. The molecule has 3 aromatic carbocycles. The van der Waals surface area contributed by atoms with E-state index in [1.54, 1.807) is 28.8 Å². The van der Waals surface area contributed by atoms with Gasteiger partial charge in [0.25, 0.3) is 0 Å². The van der Waals surface area contributed by atoms with E-state index in [-0.39, 0.29) is 16.7 Å². The maximum atomic E-state index is 13.8. The van der Waals surface area contributed by atoms with Gasteiger partial charge in [-0.1, -0.05) is 67.9 Å². The second-order valence-corrected chi connectivity index (χ2v) is 10.0. The summed E-state index contributed by atoms with van der Waals surface area (Å²) in [7, 11) is -3.85. The number of nitrogens with one attached hydrogen (secondary N) is 1. The van der Waals surface area contributed by atoms with Gasteiger partial charge in [0.05, 0.1) is 15.9 Å². The topological polar surface area (TPSA) is 68.2 Å². The maximum absolute atomic E-state index is 13.8. The van der Waals surface area contributed by atoms with Gasteiger partial charge in [0.2, 0.25) is 15.9 Å². The molecule has 0 unspecified atom stereocenters. The molecule has 1 heterocycles. The summed E-state index contributed by atoms with van der Waals surface area (Å²) in [6, 6.07) is 21.2. The summed E-state index contributed by atoms with van der Waals surface area (Å²) in [5.41, 5.74) is 2.52. The number of nitrogens with zero attached hydrogens (tertiary/aromatic N) is 1. The van der Waals surface area contributed by atoms with E-state index in [0.29, 0.717) is 6.42 Å². The quantitative estimate of drug-likeness (QED) is 0.457. The molecule has 0 bridgehead atoms. The van der Waals surface area contributed by atoms with Gasteiger partial charge in [0.15, 0.2) is 0 Å². The van der Waals surface area contributed by atoms with Crippen LogP contribution in [-0.4, -0.2) is 24.9 Å². The van der Waals surface area contributed by atoms with Crippen molar-refractivity contribution in [3.8, 4) is 0 Å². The fourth-order valence-electron chi connectivity index (χ4n) is 3.96. The summed E-state index contributed by atoms with van der Waals surface area (Å²) in [5, 5.41) is 1.94. The van der Waals surface area contributed by atoms with Crippen LogP contribution in [0, 0.1) is 12.8 Å². The Morgan fingerprint density at radius 2 is 1.39 bits per heavy atom. The molecule has 0 spiro atoms. The second-order valence-electron chi connectivity index (χ2n) is 8.32. The van der Waals surface area contributed by atoms with Crippen molar-refractivity contribution >= 4 is 37.7 Å². The van der Waals surface area contributed by atoms with Gasteiger partial charge in [0.1, 0.15) is 6.04 Å². The molecular weight excluding hydrogens is 408 g/mol. The minimum atomic E-state index is -3.85. The van der Waals surface area contributed by atoms with Crippen LogP contribution in [0.4, 0.5) is 0 Å². The third-order valence-corrected chi connectivity index (χ3v) is 6.92. The lowest BCUT2D eigenvalue weighted by Crippen LogP contribution is -2.43. The molecule has 1 atom stereocenters. The SMILES string of the molecule is Cc1ccc(S(=O)(=O)N[C@@H](CC(C)C)C(=O)n2c3ccccc3c3ccccc32)cc1. The summed E-state index contributed by atoms with van der Waals surface area (Å²) in [5.74, 6) is -0.149. The molecule has 0 saturated carbocycles. The number of sulfonamides is 1. The highest BCUT2D eigenvalue weighted by Gasteiger charge is 2.29. The molecule has 0 aliphatic heterocycles. The summed E-state index contributed by atoms with van der Waals surface area (Å²) in [4.78, 5) is 13.9. The van der Waals surface area contributed by atoms with E-state index >= 15 is 0 Å². The summed E-state index contributed by atoms with van der Waals surface area (Å²) < 4.78 is 30.5. The summed E-state index contributed by atoms with van der Waals surface area (Å²) in [6.45, 7) is 5.86. The summed E-state index contributed by atoms with van der Waals surface area (Å²) >= 11 is 0. The molecule has 6 heteroatoms. The van der Waals surface area contributed by atoms with Gasteiger partial charge in [0, 0.05) is 10.8 Å². The zero-order valence-electron chi connectivity index (χ0n) is 17.9. The van der Waals surface area contributed by atoms with Gasteiger partial charge in [-0.2, -0.15) is 4.72 Å². The van der Waals surface area contributed by atoms with E-state index in [0.717, 1.165) is 27.4 Å². The Kier molecular flexibility index (Phi) is 5.69. The van der Waals surface area contributed by atoms with Crippen molar-refractivity contribution in [1.82, 2.24) is 9.29 Å². The lowest BCUT2D eigenvalue weighted by molar-refractivity contribution is 0.0869. The molecule has 0 radical (unpaired) electrons. The number of aryl methyl sites for hydroxylation is 1. The number of para-hydroxylation sites is 2. The van der Waals surface area contributed by atoms with Gasteiger partial charge >= 0.3 is 0 Å². The molecule has 160 valence electrons. The molecule has 31 heavy (non-hydrogen) atoms. The third-order valence-electron chi connectivity index (χ3n) is 5.43. The number of hydrogen-bond donors (Lipinski definition) is 1. The molecule has 0 saturated heterocycles. The fourth-order valence-corrected chi connectivity index (χ4v) is 5.16. The normalized spacial score (nSPS) is 13.2. The van der Waals surface area contributed by atoms with Crippen molar-refractivity contribution in [2.75, 3.05) is 0 Å². The standard InChI is InChI=1S/C25H26N2O3S/c1-17(2)16-22(26-31(29,30)19-14-12-18(3)13-15-19)25(28)27-23-10-6-4-8-20(23)21-9-5-7-11-24(21)27/h4-15,17,22,26H,16H2,1-3H3/t22-/m0/s1. The number of benzene rings is 3. The first kappa shape index (κ1) is 21.3. The Morgan fingerprint density at radius 3 is 1.90 bits per heavy atom. The Bertz CT molecular complexity index is 1300. The van der Waals surface area contributed by atoms with Crippen LogP contribution in [0.15, 0.2) is 77.7 Å². The van der Waals surface area contributed by atoms with Crippen LogP contribution in [0.25, 0.3) is 21.8 Å². The predicted octanol–water partition coefficient (Wildman–Crippen LogP) is 5.14. The van der Waals surface area contributed by atoms with Crippen molar-refractivity contribution in [3.63, 3.8) is 0 Å². The molecule has 0 aliphatic carbocycles. The highest BCUT2D eigenvalue weighted by molar-refractivity contribution is 7.89. The molecule has 4 aromatic rings. The number of hydrogen-bond acceptors (Lipinski definition) is 3. The number of rotatable bonds is 6. The van der Waals surface area contributed by atoms with Crippen molar-refractivity contribution in [1.29, 1.82) is 0 Å². The molecule has 0 fully saturated rings. The molecular formula is C25H26N2O3S. The molecule has 4 rings (SSSR count). The second kappa shape index (κ2) is 8.29. The van der Waals surface area contributed by atoms with Gasteiger partial charge in [-0.3, -0.25) is 9.36 Å². The smallest absolute Gasteiger partial charge is 0.249 e. The first-order valence-electron chi connectivity index (χ1n) is 10.4. The average molecular weight is 435 g/mol. The van der Waals surface area contributed by atoms with Crippen LogP contribution in [0.1, 0.15) is 30.6 Å². The van der Waals surface area contributed by atoms with Gasteiger partial charge in [-0.15, -0.1) is 0 Å². The molecule has 1 N–H and O–H groups in total. The minimum absolute atomic E-state index is 0.128. The zero-order valence-corrected chi connectivity index (χ0v) is 18.7. The molecule has 5 nitrogen and oxygen atoms in total. The average Bonchev–Trinajstić information content (AvgIpc) is 3.07. The van der Waals surface area contributed by atoms with Crippen LogP contribution in [0.5, 0.6) is 0 Å². The first-order valence-corrected chi connectivity index (χ1v) is 11.9. The van der Waals surface area contributed by atoms with Crippen LogP contribution in [-0.2, 0) is 10.0 Å². The fraction of sp³-hybridized carbons (Fsp3) is 0.240. The van der Waals surface area contributed by atoms with E-state index in [2.05, 4.69) is 4.72 Å². The van der Waals surface area contributed by atoms with Gasteiger partial charge < -0.3 is 0 Å². The number of fused-ring (bicyclic) bond motifs is 3. The highest BCUT2D eigenvalue weighted by atomic mass is 32.2. The Morgan fingerprint density at radius 1 is 0.871 bits per heavy atom. The lowest BCUT2D eigenvalue weighted by atomic mass is 10.0. The Hall–Kier alpha value is -2.96. The van der Waals surface area contributed by atoms with Crippen molar-refractivity contribution < 1.29 is 13.2 Å². The van der Waals surface area contributed by atoms with E-state index in [1.165, 1.54) is 0 Å². The predicted molar refractivity (Wildman–Crippen MR) is 125 cm³/mol. The van der Waals surface area contributed by atoms with E-state index < -0.39 is 16.1 Å². The molecule has 0 aliphatic rings. The van der Waals surface area contributed by atoms with Crippen molar-refractivity contribution in [2.45, 2.75) is 38.1 Å². The zero-order chi connectivity index (χ0) is 22.2. The maximum Gasteiger partial charge on any atom is 0.249 e. The van der Waals surface area contributed by atoms with Crippen LogP contribution >= 0.6 is 0 Å². The summed E-state index contributed by atoms with van der Waals surface area (Å²) in [6.07, 6.45) is 0.394. The largest absolute Gasteiger partial charge is 0.278 e. The van der Waals surface area contributed by atoms with Gasteiger partial charge in [-0.05, 0) is 43.5 Å². The van der Waals surface area contributed by atoms with Crippen molar-refractivity contribution in [2.24, 2.45) is 5.92 Å². The van der Waals surface area contributed by atoms with Crippen LogP contribution in [0.3, 0.4) is 0 Å².